The average Bonchev–Trinajstić information content (AvgIpc) is 3.41. The summed E-state index contributed by atoms with van der Waals surface area (Å²) in [6.45, 7) is 1.22. The van der Waals surface area contributed by atoms with Crippen molar-refractivity contribution in [3.63, 3.8) is 0 Å². The summed E-state index contributed by atoms with van der Waals surface area (Å²) >= 11 is 0. The van der Waals surface area contributed by atoms with Crippen molar-refractivity contribution in [1.82, 2.24) is 25.4 Å². The molecule has 0 aliphatic heterocycles. The predicted octanol–water partition coefficient (Wildman–Crippen LogP) is 4.51. The highest BCUT2D eigenvalue weighted by Gasteiger charge is 2.10. The molecule has 0 aliphatic rings. The first kappa shape index (κ1) is 20.7. The second kappa shape index (κ2) is 9.47. The van der Waals surface area contributed by atoms with E-state index in [0.29, 0.717) is 13.1 Å². The Kier molecular flexibility index (Phi) is 6.31. The third-order valence-electron chi connectivity index (χ3n) is 5.38. The maximum absolute atomic E-state index is 13.4. The molecule has 160 valence electrons. The number of urea groups is 1. The number of fused-ring (bicyclic) bond motifs is 1. The van der Waals surface area contributed by atoms with E-state index in [1.807, 2.05) is 36.5 Å². The number of hydrogen-bond acceptors (Lipinski definition) is 2. The third-order valence-corrected chi connectivity index (χ3v) is 5.38. The number of nitrogens with zero attached hydrogens (tertiary/aromatic N) is 2. The van der Waals surface area contributed by atoms with E-state index in [-0.39, 0.29) is 11.8 Å². The normalized spacial score (nSPS) is 11.0. The summed E-state index contributed by atoms with van der Waals surface area (Å²) in [6, 6.07) is 16.4. The molecule has 0 atom stereocenters. The summed E-state index contributed by atoms with van der Waals surface area (Å²) in [7, 11) is 1.80. The number of carbonyl (C=O) groups excluding carboxylic acids is 1. The van der Waals surface area contributed by atoms with Crippen molar-refractivity contribution in [3.8, 4) is 11.3 Å². The van der Waals surface area contributed by atoms with Gasteiger partial charge in [0.05, 0.1) is 5.69 Å². The Morgan fingerprint density at radius 1 is 1.13 bits per heavy atom. The van der Waals surface area contributed by atoms with Crippen LogP contribution in [-0.2, 0) is 12.8 Å². The largest absolute Gasteiger partial charge is 0.361 e. The number of para-hydroxylation sites is 1. The Hall–Kier alpha value is -3.61. The van der Waals surface area contributed by atoms with Gasteiger partial charge in [-0.15, -0.1) is 0 Å². The molecule has 0 saturated carbocycles. The van der Waals surface area contributed by atoms with Crippen LogP contribution in [0.2, 0.25) is 0 Å². The van der Waals surface area contributed by atoms with Crippen molar-refractivity contribution in [2.75, 3.05) is 20.1 Å². The van der Waals surface area contributed by atoms with Crippen LogP contribution in [0.5, 0.6) is 0 Å². The number of amides is 2. The van der Waals surface area contributed by atoms with Gasteiger partial charge < -0.3 is 15.2 Å². The summed E-state index contributed by atoms with van der Waals surface area (Å²) in [5.41, 5.74) is 4.74. The van der Waals surface area contributed by atoms with Crippen molar-refractivity contribution in [3.05, 3.63) is 77.9 Å². The van der Waals surface area contributed by atoms with Crippen LogP contribution in [0.4, 0.5) is 9.18 Å². The molecular weight excluding hydrogens is 393 g/mol. The van der Waals surface area contributed by atoms with E-state index in [1.165, 1.54) is 23.1 Å². The lowest BCUT2D eigenvalue weighted by Crippen LogP contribution is -2.38. The van der Waals surface area contributed by atoms with Crippen molar-refractivity contribution in [2.45, 2.75) is 19.3 Å². The number of carbonyl (C=O) groups is 1. The highest BCUT2D eigenvalue weighted by Crippen LogP contribution is 2.19. The Labute approximate surface area is 180 Å². The number of halogens is 1. The van der Waals surface area contributed by atoms with E-state index in [9.17, 15) is 9.18 Å². The number of aromatic amines is 2. The Morgan fingerprint density at radius 2 is 2.00 bits per heavy atom. The number of nitrogens with one attached hydrogen (secondary N) is 3. The van der Waals surface area contributed by atoms with Crippen LogP contribution in [0.1, 0.15) is 17.7 Å². The van der Waals surface area contributed by atoms with Crippen molar-refractivity contribution in [2.24, 2.45) is 0 Å². The summed E-state index contributed by atoms with van der Waals surface area (Å²) in [6.07, 6.45) is 4.34. The standard InChI is InChI=1S/C24H26FN5O/c1-30(24(31)26-12-11-18-16-27-22-10-3-2-9-21(18)22)13-5-8-20-15-23(29-28-20)17-6-4-7-19(25)14-17/h2-4,6-7,9-10,14-16,27H,5,8,11-13H2,1H3,(H,26,31)(H,28,29). The van der Waals surface area contributed by atoms with Gasteiger partial charge in [0.15, 0.2) is 0 Å². The zero-order chi connectivity index (χ0) is 21.6. The van der Waals surface area contributed by atoms with Gasteiger partial charge in [0.2, 0.25) is 0 Å². The molecule has 2 aromatic heterocycles. The first-order valence-corrected chi connectivity index (χ1v) is 10.4. The SMILES string of the molecule is CN(CCCc1cc(-c2cccc(F)c2)n[nH]1)C(=O)NCCc1c[nH]c2ccccc12. The molecule has 0 saturated heterocycles. The zero-order valence-corrected chi connectivity index (χ0v) is 17.5. The maximum atomic E-state index is 13.4. The molecule has 2 aromatic carbocycles. The highest BCUT2D eigenvalue weighted by atomic mass is 19.1. The molecule has 6 nitrogen and oxygen atoms in total. The van der Waals surface area contributed by atoms with E-state index in [0.717, 1.165) is 41.7 Å². The quantitative estimate of drug-likeness (QED) is 0.393. The van der Waals surface area contributed by atoms with Crippen LogP contribution in [0.25, 0.3) is 22.2 Å². The van der Waals surface area contributed by atoms with Crippen molar-refractivity contribution in [1.29, 1.82) is 0 Å². The minimum Gasteiger partial charge on any atom is -0.361 e. The first-order valence-electron chi connectivity index (χ1n) is 10.4. The third kappa shape index (κ3) is 5.12. The number of aryl methyl sites for hydroxylation is 1. The first-order chi connectivity index (χ1) is 15.1. The molecule has 4 aromatic rings. The second-order valence-electron chi connectivity index (χ2n) is 7.66. The fraction of sp³-hybridized carbons (Fsp3) is 0.250. The molecule has 31 heavy (non-hydrogen) atoms. The average molecular weight is 420 g/mol. The molecule has 0 unspecified atom stereocenters. The Balaban J connectivity index is 1.20. The number of H-pyrrole nitrogens is 2. The summed E-state index contributed by atoms with van der Waals surface area (Å²) in [5, 5.41) is 11.4. The van der Waals surface area contributed by atoms with E-state index in [1.54, 1.807) is 18.0 Å². The van der Waals surface area contributed by atoms with Crippen molar-refractivity contribution >= 4 is 16.9 Å². The van der Waals surface area contributed by atoms with Crippen LogP contribution in [0.3, 0.4) is 0 Å². The van der Waals surface area contributed by atoms with Gasteiger partial charge in [-0.3, -0.25) is 5.10 Å². The van der Waals surface area contributed by atoms with Crippen molar-refractivity contribution < 1.29 is 9.18 Å². The molecule has 4 rings (SSSR count). The molecular formula is C24H26FN5O. The van der Waals surface area contributed by atoms with Crippen LogP contribution in [-0.4, -0.2) is 46.2 Å². The predicted molar refractivity (Wildman–Crippen MR) is 120 cm³/mol. The lowest BCUT2D eigenvalue weighted by Gasteiger charge is -2.17. The van der Waals surface area contributed by atoms with Gasteiger partial charge in [0.25, 0.3) is 0 Å². The topological polar surface area (TPSA) is 76.8 Å². The number of aromatic nitrogens is 3. The lowest BCUT2D eigenvalue weighted by molar-refractivity contribution is 0.208. The van der Waals surface area contributed by atoms with Gasteiger partial charge >= 0.3 is 6.03 Å². The van der Waals surface area contributed by atoms with E-state index < -0.39 is 0 Å². The molecule has 0 aliphatic carbocycles. The monoisotopic (exact) mass is 419 g/mol. The van der Waals surface area contributed by atoms with Gasteiger partial charge in [-0.1, -0.05) is 30.3 Å². The van der Waals surface area contributed by atoms with Gasteiger partial charge in [-0.2, -0.15) is 5.10 Å². The van der Waals surface area contributed by atoms with Crippen LogP contribution >= 0.6 is 0 Å². The van der Waals surface area contributed by atoms with E-state index >= 15 is 0 Å². The van der Waals surface area contributed by atoms with E-state index in [4.69, 9.17) is 0 Å². The number of rotatable bonds is 8. The van der Waals surface area contributed by atoms with Gasteiger partial charge in [-0.25, -0.2) is 9.18 Å². The summed E-state index contributed by atoms with van der Waals surface area (Å²) in [5.74, 6) is -0.278. The molecule has 0 radical (unpaired) electrons. The number of hydrogen-bond donors (Lipinski definition) is 3. The minimum absolute atomic E-state index is 0.0788. The van der Waals surface area contributed by atoms with Crippen LogP contribution < -0.4 is 5.32 Å². The van der Waals surface area contributed by atoms with Gasteiger partial charge in [0.1, 0.15) is 5.82 Å². The molecule has 2 amide bonds. The molecule has 7 heteroatoms. The zero-order valence-electron chi connectivity index (χ0n) is 17.5. The smallest absolute Gasteiger partial charge is 0.317 e. The Bertz CT molecular complexity index is 1170. The molecule has 0 spiro atoms. The minimum atomic E-state index is -0.278. The van der Waals surface area contributed by atoms with Crippen LogP contribution in [0, 0.1) is 5.82 Å². The molecule has 0 bridgehead atoms. The highest BCUT2D eigenvalue weighted by molar-refractivity contribution is 5.83. The fourth-order valence-electron chi connectivity index (χ4n) is 3.67. The van der Waals surface area contributed by atoms with Crippen LogP contribution in [0.15, 0.2) is 60.8 Å². The fourth-order valence-corrected chi connectivity index (χ4v) is 3.67. The maximum Gasteiger partial charge on any atom is 0.317 e. The molecule has 3 N–H and O–H groups in total. The number of benzene rings is 2. The summed E-state index contributed by atoms with van der Waals surface area (Å²) in [4.78, 5) is 17.3. The van der Waals surface area contributed by atoms with Gasteiger partial charge in [-0.05, 0) is 49.1 Å². The summed E-state index contributed by atoms with van der Waals surface area (Å²) < 4.78 is 13.4. The lowest BCUT2D eigenvalue weighted by atomic mass is 10.1. The van der Waals surface area contributed by atoms with Gasteiger partial charge in [0, 0.05) is 48.5 Å². The molecule has 2 heterocycles. The van der Waals surface area contributed by atoms with E-state index in [2.05, 4.69) is 26.6 Å². The Morgan fingerprint density at radius 3 is 2.87 bits per heavy atom. The molecule has 0 fully saturated rings. The second-order valence-corrected chi connectivity index (χ2v) is 7.66.